The zero-order valence-electron chi connectivity index (χ0n) is 15.4. The van der Waals surface area contributed by atoms with Crippen LogP contribution in [0, 0.1) is 0 Å². The van der Waals surface area contributed by atoms with Gasteiger partial charge in [0.05, 0.1) is 26.9 Å². The summed E-state index contributed by atoms with van der Waals surface area (Å²) in [6.07, 6.45) is 1.57. The lowest BCUT2D eigenvalue weighted by molar-refractivity contribution is -0.120. The van der Waals surface area contributed by atoms with E-state index in [9.17, 15) is 9.90 Å². The molecule has 2 N–H and O–H groups in total. The van der Waals surface area contributed by atoms with Gasteiger partial charge < -0.3 is 14.6 Å². The molecule has 3 aromatic carbocycles. The Balaban J connectivity index is 1.72. The number of benzene rings is 3. The van der Waals surface area contributed by atoms with Gasteiger partial charge in [0, 0.05) is 10.0 Å². The molecule has 28 heavy (non-hydrogen) atoms. The normalized spacial score (nSPS) is 11.0. The Labute approximate surface area is 170 Å². The first-order valence-electron chi connectivity index (χ1n) is 8.46. The predicted molar refractivity (Wildman–Crippen MR) is 112 cm³/mol. The molecule has 1 amide bonds. The van der Waals surface area contributed by atoms with E-state index in [1.165, 1.54) is 6.21 Å². The first kappa shape index (κ1) is 19.7. The number of nitrogens with one attached hydrogen (secondary N) is 1. The van der Waals surface area contributed by atoms with Gasteiger partial charge in [-0.1, -0.05) is 34.1 Å². The second-order valence-corrected chi connectivity index (χ2v) is 6.94. The molecule has 144 valence electrons. The van der Waals surface area contributed by atoms with Crippen LogP contribution in [0.25, 0.3) is 10.8 Å². The first-order chi connectivity index (χ1) is 13.5. The van der Waals surface area contributed by atoms with Crippen LogP contribution in [0.3, 0.4) is 0 Å². The number of phenols is 1. The van der Waals surface area contributed by atoms with Gasteiger partial charge in [0.2, 0.25) is 5.91 Å². The summed E-state index contributed by atoms with van der Waals surface area (Å²) in [7, 11) is 3.10. The molecule has 3 rings (SSSR count). The number of carbonyl (C=O) groups is 1. The fraction of sp³-hybridized carbons (Fsp3) is 0.143. The number of fused-ring (bicyclic) bond motifs is 1. The molecular weight excluding hydrogens is 424 g/mol. The highest BCUT2D eigenvalue weighted by Crippen LogP contribution is 2.28. The molecule has 0 unspecified atom stereocenters. The SMILES string of the molecule is COc1ccc(CC(=O)NN=Cc2c(O)ccc3cc(Br)ccc23)cc1OC. The third-order valence-corrected chi connectivity index (χ3v) is 4.69. The van der Waals surface area contributed by atoms with Gasteiger partial charge in [0.1, 0.15) is 5.75 Å². The maximum absolute atomic E-state index is 12.2. The van der Waals surface area contributed by atoms with Crippen molar-refractivity contribution < 1.29 is 19.4 Å². The van der Waals surface area contributed by atoms with Crippen LogP contribution >= 0.6 is 15.9 Å². The largest absolute Gasteiger partial charge is 0.507 e. The van der Waals surface area contributed by atoms with Gasteiger partial charge in [-0.2, -0.15) is 5.10 Å². The van der Waals surface area contributed by atoms with E-state index in [0.717, 1.165) is 20.8 Å². The minimum atomic E-state index is -0.286. The number of phenolic OH excluding ortho intramolecular Hbond substituents is 1. The smallest absolute Gasteiger partial charge is 0.244 e. The predicted octanol–water partition coefficient (Wildman–Crippen LogP) is 4.02. The molecule has 0 saturated heterocycles. The summed E-state index contributed by atoms with van der Waals surface area (Å²) in [5.74, 6) is 0.963. The summed E-state index contributed by atoms with van der Waals surface area (Å²) >= 11 is 3.43. The zero-order valence-corrected chi connectivity index (χ0v) is 17.0. The van der Waals surface area contributed by atoms with Crippen LogP contribution in [0.2, 0.25) is 0 Å². The molecule has 0 bridgehead atoms. The minimum Gasteiger partial charge on any atom is -0.507 e. The summed E-state index contributed by atoms with van der Waals surface area (Å²) in [4.78, 5) is 12.2. The highest BCUT2D eigenvalue weighted by Gasteiger charge is 2.09. The Hall–Kier alpha value is -3.06. The fourth-order valence-electron chi connectivity index (χ4n) is 2.83. The number of hydrogen-bond acceptors (Lipinski definition) is 5. The maximum Gasteiger partial charge on any atom is 0.244 e. The van der Waals surface area contributed by atoms with E-state index in [4.69, 9.17) is 9.47 Å². The molecule has 0 saturated carbocycles. The molecule has 7 heteroatoms. The number of amides is 1. The van der Waals surface area contributed by atoms with Crippen LogP contribution in [0.4, 0.5) is 0 Å². The van der Waals surface area contributed by atoms with Crippen molar-refractivity contribution >= 4 is 38.8 Å². The second kappa shape index (κ2) is 8.75. The van der Waals surface area contributed by atoms with Crippen LogP contribution in [-0.2, 0) is 11.2 Å². The summed E-state index contributed by atoms with van der Waals surface area (Å²) in [6, 6.07) is 14.4. The number of nitrogens with zero attached hydrogens (tertiary/aromatic N) is 1. The Bertz CT molecular complexity index is 1050. The lowest BCUT2D eigenvalue weighted by Gasteiger charge is -2.09. The molecule has 0 atom stereocenters. The van der Waals surface area contributed by atoms with E-state index < -0.39 is 0 Å². The van der Waals surface area contributed by atoms with Crippen molar-refractivity contribution in [3.63, 3.8) is 0 Å². The zero-order chi connectivity index (χ0) is 20.1. The van der Waals surface area contributed by atoms with Crippen LogP contribution in [0.5, 0.6) is 17.2 Å². The first-order valence-corrected chi connectivity index (χ1v) is 9.25. The Morgan fingerprint density at radius 3 is 2.64 bits per heavy atom. The standard InChI is InChI=1S/C21H19BrN2O4/c1-27-19-8-3-13(9-20(19)28-2)10-21(26)24-23-12-17-16-6-5-15(22)11-14(16)4-7-18(17)25/h3-9,11-12,25H,10H2,1-2H3,(H,24,26). The Morgan fingerprint density at radius 2 is 1.89 bits per heavy atom. The van der Waals surface area contributed by atoms with Gasteiger partial charge in [-0.05, 0) is 46.7 Å². The number of aromatic hydroxyl groups is 1. The number of rotatable bonds is 6. The fourth-order valence-corrected chi connectivity index (χ4v) is 3.21. The third kappa shape index (κ3) is 4.43. The van der Waals surface area contributed by atoms with Crippen LogP contribution in [0.15, 0.2) is 58.1 Å². The van der Waals surface area contributed by atoms with Crippen LogP contribution in [0.1, 0.15) is 11.1 Å². The van der Waals surface area contributed by atoms with Crippen molar-refractivity contribution in [1.29, 1.82) is 0 Å². The van der Waals surface area contributed by atoms with E-state index in [1.54, 1.807) is 38.5 Å². The molecule has 0 radical (unpaired) electrons. The average Bonchev–Trinajstić information content (AvgIpc) is 2.69. The molecule has 0 fully saturated rings. The number of methoxy groups -OCH3 is 2. The number of hydrazone groups is 1. The van der Waals surface area contributed by atoms with Gasteiger partial charge in [0.15, 0.2) is 11.5 Å². The molecule has 0 heterocycles. The number of carbonyl (C=O) groups excluding carboxylic acids is 1. The van der Waals surface area contributed by atoms with Crippen LogP contribution < -0.4 is 14.9 Å². The summed E-state index contributed by atoms with van der Waals surface area (Å²) in [5.41, 5.74) is 3.79. The minimum absolute atomic E-state index is 0.0905. The molecule has 0 aliphatic rings. The van der Waals surface area contributed by atoms with Crippen molar-refractivity contribution in [3.05, 3.63) is 64.1 Å². The van der Waals surface area contributed by atoms with Crippen molar-refractivity contribution in [3.8, 4) is 17.2 Å². The summed E-state index contributed by atoms with van der Waals surface area (Å²) < 4.78 is 11.4. The highest BCUT2D eigenvalue weighted by molar-refractivity contribution is 9.10. The van der Waals surface area contributed by atoms with E-state index in [-0.39, 0.29) is 18.1 Å². The highest BCUT2D eigenvalue weighted by atomic mass is 79.9. The van der Waals surface area contributed by atoms with Gasteiger partial charge >= 0.3 is 0 Å². The molecule has 0 aromatic heterocycles. The quantitative estimate of drug-likeness (QED) is 0.446. The van der Waals surface area contributed by atoms with Gasteiger partial charge in [0.25, 0.3) is 0 Å². The molecule has 0 aliphatic carbocycles. The second-order valence-electron chi connectivity index (χ2n) is 6.02. The lowest BCUT2D eigenvalue weighted by Crippen LogP contribution is -2.19. The van der Waals surface area contributed by atoms with E-state index in [2.05, 4.69) is 26.5 Å². The topological polar surface area (TPSA) is 80.2 Å². The number of halogens is 1. The third-order valence-electron chi connectivity index (χ3n) is 4.20. The van der Waals surface area contributed by atoms with Crippen LogP contribution in [-0.4, -0.2) is 31.4 Å². The van der Waals surface area contributed by atoms with E-state index >= 15 is 0 Å². The van der Waals surface area contributed by atoms with Gasteiger partial charge in [-0.15, -0.1) is 0 Å². The lowest BCUT2D eigenvalue weighted by atomic mass is 10.0. The van der Waals surface area contributed by atoms with E-state index in [1.807, 2.05) is 24.3 Å². The maximum atomic E-state index is 12.2. The molecular formula is C21H19BrN2O4. The Kier molecular flexibility index (Phi) is 6.16. The molecule has 3 aromatic rings. The van der Waals surface area contributed by atoms with Crippen molar-refractivity contribution in [2.75, 3.05) is 14.2 Å². The number of hydrogen-bond donors (Lipinski definition) is 2. The van der Waals surface area contributed by atoms with E-state index in [0.29, 0.717) is 17.1 Å². The monoisotopic (exact) mass is 442 g/mol. The van der Waals surface area contributed by atoms with Gasteiger partial charge in [-0.25, -0.2) is 5.43 Å². The molecule has 0 aliphatic heterocycles. The average molecular weight is 443 g/mol. The summed E-state index contributed by atoms with van der Waals surface area (Å²) in [5, 5.41) is 15.9. The van der Waals surface area contributed by atoms with Crippen molar-refractivity contribution in [2.45, 2.75) is 6.42 Å². The van der Waals surface area contributed by atoms with Gasteiger partial charge in [-0.3, -0.25) is 4.79 Å². The Morgan fingerprint density at radius 1 is 1.11 bits per heavy atom. The number of ether oxygens (including phenoxy) is 2. The molecule has 0 spiro atoms. The molecule has 6 nitrogen and oxygen atoms in total. The van der Waals surface area contributed by atoms with Crippen molar-refractivity contribution in [2.24, 2.45) is 5.10 Å². The summed E-state index contributed by atoms with van der Waals surface area (Å²) in [6.45, 7) is 0. The van der Waals surface area contributed by atoms with Crippen molar-refractivity contribution in [1.82, 2.24) is 5.43 Å².